The summed E-state index contributed by atoms with van der Waals surface area (Å²) in [6, 6.07) is 3.37. The molecule has 0 aromatic heterocycles. The number of nitrogens with one attached hydrogen (secondary N) is 1. The molecule has 0 aliphatic carbocycles. The number of halogens is 1. The first-order valence-corrected chi connectivity index (χ1v) is 9.47. The van der Waals surface area contributed by atoms with E-state index in [4.69, 9.17) is 23.8 Å². The van der Waals surface area contributed by atoms with E-state index in [-0.39, 0.29) is 17.4 Å². The van der Waals surface area contributed by atoms with E-state index in [0.717, 1.165) is 36.1 Å². The average Bonchev–Trinajstić information content (AvgIpc) is 2.91. The van der Waals surface area contributed by atoms with Crippen LogP contribution in [-0.2, 0) is 11.2 Å². The van der Waals surface area contributed by atoms with Gasteiger partial charge in [0, 0.05) is 37.4 Å². The predicted molar refractivity (Wildman–Crippen MR) is 102 cm³/mol. The number of piperazine rings is 1. The Bertz CT molecular complexity index is 703. The molecule has 2 aliphatic heterocycles. The van der Waals surface area contributed by atoms with Gasteiger partial charge in [-0.25, -0.2) is 0 Å². The van der Waals surface area contributed by atoms with Gasteiger partial charge in [0.05, 0.1) is 17.2 Å². The van der Waals surface area contributed by atoms with E-state index in [1.807, 2.05) is 0 Å². The number of hydrogen-bond donors (Lipinski definition) is 1. The van der Waals surface area contributed by atoms with Gasteiger partial charge in [-0.2, -0.15) is 0 Å². The molecule has 24 heavy (non-hydrogen) atoms. The van der Waals surface area contributed by atoms with Crippen LogP contribution in [0.25, 0.3) is 0 Å². The van der Waals surface area contributed by atoms with Crippen molar-refractivity contribution in [2.75, 3.05) is 44.3 Å². The number of ketones is 1. The maximum atomic E-state index is 12.5. The summed E-state index contributed by atoms with van der Waals surface area (Å²) < 4.78 is 0.755. The Hall–Kier alpha value is -1.15. The highest BCUT2D eigenvalue weighted by Crippen LogP contribution is 2.30. The summed E-state index contributed by atoms with van der Waals surface area (Å²) in [6.07, 6.45) is 0.291. The van der Waals surface area contributed by atoms with Crippen molar-refractivity contribution in [3.63, 3.8) is 0 Å². The quantitative estimate of drug-likeness (QED) is 0.638. The van der Waals surface area contributed by atoms with Gasteiger partial charge in [-0.1, -0.05) is 35.6 Å². The number of amides is 1. The minimum Gasteiger partial charge on any atom is -0.355 e. The smallest absolute Gasteiger partial charge is 0.228 e. The number of fused-ring (bicyclic) bond motifs is 1. The Morgan fingerprint density at radius 1 is 1.33 bits per heavy atom. The summed E-state index contributed by atoms with van der Waals surface area (Å²) in [6.45, 7) is 3.74. The first kappa shape index (κ1) is 17.7. The predicted octanol–water partition coefficient (Wildman–Crippen LogP) is 2.28. The van der Waals surface area contributed by atoms with Gasteiger partial charge in [-0.05, 0) is 24.7 Å². The van der Waals surface area contributed by atoms with Crippen molar-refractivity contribution in [3.05, 3.63) is 28.3 Å². The van der Waals surface area contributed by atoms with Crippen LogP contribution in [0.1, 0.15) is 15.9 Å². The minimum absolute atomic E-state index is 0.0661. The number of anilines is 1. The summed E-state index contributed by atoms with van der Waals surface area (Å²) in [5.74, 6) is 0.116. The number of thioether (sulfide) groups is 1. The summed E-state index contributed by atoms with van der Waals surface area (Å²) in [7, 11) is 2.09. The third kappa shape index (κ3) is 3.91. The topological polar surface area (TPSA) is 52.6 Å². The fourth-order valence-corrected chi connectivity index (χ4v) is 4.15. The van der Waals surface area contributed by atoms with Crippen molar-refractivity contribution in [2.45, 2.75) is 6.42 Å². The largest absolute Gasteiger partial charge is 0.355 e. The molecular formula is C16H18ClN3O2S2. The zero-order valence-corrected chi connectivity index (χ0v) is 15.7. The third-order valence-corrected chi connectivity index (χ3v) is 6.04. The van der Waals surface area contributed by atoms with Gasteiger partial charge >= 0.3 is 0 Å². The van der Waals surface area contributed by atoms with E-state index in [1.165, 1.54) is 11.8 Å². The highest BCUT2D eigenvalue weighted by Gasteiger charge is 2.23. The van der Waals surface area contributed by atoms with Crippen LogP contribution in [0.4, 0.5) is 5.69 Å². The van der Waals surface area contributed by atoms with Gasteiger partial charge in [0.25, 0.3) is 0 Å². The Labute approximate surface area is 155 Å². The standard InChI is InChI=1S/C16H18ClN3O2S2/c1-19-2-4-20(5-3-19)16(23)24-9-14(21)11-6-10-7-15(22)18-13(10)8-12(11)17/h6,8H,2-5,7,9H2,1H3,(H,18,22). The number of carbonyl (C=O) groups is 2. The SMILES string of the molecule is CN1CCN(C(=S)SCC(=O)c2cc3c(cc2Cl)NC(=O)C3)CC1. The lowest BCUT2D eigenvalue weighted by molar-refractivity contribution is -0.115. The van der Waals surface area contributed by atoms with Crippen LogP contribution in [0.3, 0.4) is 0 Å². The molecule has 0 unspecified atom stereocenters. The molecule has 1 aromatic rings. The van der Waals surface area contributed by atoms with E-state index in [2.05, 4.69) is 22.2 Å². The lowest BCUT2D eigenvalue weighted by atomic mass is 10.1. The summed E-state index contributed by atoms with van der Waals surface area (Å²) >= 11 is 13.0. The second-order valence-electron chi connectivity index (χ2n) is 5.98. The monoisotopic (exact) mass is 383 g/mol. The van der Waals surface area contributed by atoms with Crippen LogP contribution in [0, 0.1) is 0 Å². The Balaban J connectivity index is 1.60. The second-order valence-corrected chi connectivity index (χ2v) is 8.00. The van der Waals surface area contributed by atoms with E-state index in [9.17, 15) is 9.59 Å². The molecule has 2 heterocycles. The normalized spacial score (nSPS) is 17.6. The highest BCUT2D eigenvalue weighted by atomic mass is 35.5. The van der Waals surface area contributed by atoms with Crippen molar-refractivity contribution in [1.29, 1.82) is 0 Å². The number of likely N-dealkylation sites (N-methyl/N-ethyl adjacent to an activating group) is 1. The van der Waals surface area contributed by atoms with Crippen LogP contribution in [0.15, 0.2) is 12.1 Å². The molecule has 3 rings (SSSR count). The van der Waals surface area contributed by atoms with E-state index in [1.54, 1.807) is 12.1 Å². The molecule has 2 aliphatic rings. The number of benzene rings is 1. The number of nitrogens with zero attached hydrogens (tertiary/aromatic N) is 2. The Morgan fingerprint density at radius 2 is 2.04 bits per heavy atom. The number of Topliss-reactive ketones (excluding diaryl/α,β-unsaturated/α-hetero) is 1. The third-order valence-electron chi connectivity index (χ3n) is 4.21. The average molecular weight is 384 g/mol. The van der Waals surface area contributed by atoms with Crippen LogP contribution in [0.2, 0.25) is 5.02 Å². The first-order chi connectivity index (χ1) is 11.4. The summed E-state index contributed by atoms with van der Waals surface area (Å²) in [5.41, 5.74) is 1.97. The molecular weight excluding hydrogens is 366 g/mol. The molecule has 8 heteroatoms. The fraction of sp³-hybridized carbons (Fsp3) is 0.438. The highest BCUT2D eigenvalue weighted by molar-refractivity contribution is 8.23. The molecule has 128 valence electrons. The zero-order chi connectivity index (χ0) is 17.3. The van der Waals surface area contributed by atoms with Crippen molar-refractivity contribution >= 4 is 57.3 Å². The van der Waals surface area contributed by atoms with Gasteiger partial charge in [0.2, 0.25) is 5.91 Å². The Kier molecular flexibility index (Phi) is 5.44. The molecule has 1 fully saturated rings. The van der Waals surface area contributed by atoms with Crippen LogP contribution < -0.4 is 5.32 Å². The molecule has 5 nitrogen and oxygen atoms in total. The number of carbonyl (C=O) groups excluding carboxylic acids is 2. The number of thiocarbonyl (C=S) groups is 1. The van der Waals surface area contributed by atoms with Crippen molar-refractivity contribution in [3.8, 4) is 0 Å². The first-order valence-electron chi connectivity index (χ1n) is 7.70. The second kappa shape index (κ2) is 7.39. The van der Waals surface area contributed by atoms with Gasteiger partial charge in [-0.15, -0.1) is 0 Å². The van der Waals surface area contributed by atoms with Crippen LogP contribution >= 0.6 is 35.6 Å². The Morgan fingerprint density at radius 3 is 2.75 bits per heavy atom. The van der Waals surface area contributed by atoms with E-state index in [0.29, 0.717) is 22.7 Å². The van der Waals surface area contributed by atoms with Gasteiger partial charge in [0.1, 0.15) is 4.32 Å². The van der Waals surface area contributed by atoms with Crippen LogP contribution in [-0.4, -0.2) is 64.8 Å². The van der Waals surface area contributed by atoms with Crippen molar-refractivity contribution in [1.82, 2.24) is 9.80 Å². The van der Waals surface area contributed by atoms with E-state index >= 15 is 0 Å². The van der Waals surface area contributed by atoms with Gasteiger partial charge < -0.3 is 15.1 Å². The number of rotatable bonds is 3. The fourth-order valence-electron chi connectivity index (χ4n) is 2.75. The molecule has 0 radical (unpaired) electrons. The molecule has 1 saturated heterocycles. The lowest BCUT2D eigenvalue weighted by Gasteiger charge is -2.33. The number of hydrogen-bond acceptors (Lipinski definition) is 5. The van der Waals surface area contributed by atoms with E-state index < -0.39 is 0 Å². The minimum atomic E-state index is -0.0729. The van der Waals surface area contributed by atoms with Gasteiger partial charge in [0.15, 0.2) is 5.78 Å². The van der Waals surface area contributed by atoms with Crippen molar-refractivity contribution in [2.24, 2.45) is 0 Å². The molecule has 0 atom stereocenters. The van der Waals surface area contributed by atoms with Crippen LogP contribution in [0.5, 0.6) is 0 Å². The molecule has 1 amide bonds. The molecule has 1 N–H and O–H groups in total. The lowest BCUT2D eigenvalue weighted by Crippen LogP contribution is -2.45. The maximum Gasteiger partial charge on any atom is 0.228 e. The summed E-state index contributed by atoms with van der Waals surface area (Å²) in [5, 5.41) is 3.10. The summed E-state index contributed by atoms with van der Waals surface area (Å²) in [4.78, 5) is 28.3. The molecule has 0 bridgehead atoms. The molecule has 0 saturated carbocycles. The molecule has 0 spiro atoms. The zero-order valence-electron chi connectivity index (χ0n) is 13.3. The molecule has 1 aromatic carbocycles. The maximum absolute atomic E-state index is 12.5. The van der Waals surface area contributed by atoms with Gasteiger partial charge in [-0.3, -0.25) is 9.59 Å². The van der Waals surface area contributed by atoms with Crippen molar-refractivity contribution < 1.29 is 9.59 Å².